The summed E-state index contributed by atoms with van der Waals surface area (Å²) in [5.74, 6) is -0.812. The van der Waals surface area contributed by atoms with E-state index in [1.165, 1.54) is 43.2 Å². The molecule has 0 bridgehead atoms. The Morgan fingerprint density at radius 1 is 0.875 bits per heavy atom. The molecule has 4 heteroatoms. The molecule has 0 radical (unpaired) electrons. The van der Waals surface area contributed by atoms with Gasteiger partial charge in [-0.3, -0.25) is 0 Å². The summed E-state index contributed by atoms with van der Waals surface area (Å²) in [7, 11) is 4.97. The molecule has 1 unspecified atom stereocenters. The average molecular weight is 401 g/mol. The first-order chi connectivity index (χ1) is 11.7. The first-order valence-electron chi connectivity index (χ1n) is 8.95. The first kappa shape index (κ1) is 21.6. The van der Waals surface area contributed by atoms with Crippen molar-refractivity contribution in [3.63, 3.8) is 0 Å². The Hall–Kier alpha value is -0.420. The average Bonchev–Trinajstić information content (AvgIpc) is 2.63. The number of alkyl halides is 1. The van der Waals surface area contributed by atoms with Crippen molar-refractivity contribution in [3.8, 4) is 0 Å². The molecule has 0 aliphatic rings. The summed E-state index contributed by atoms with van der Waals surface area (Å²) in [6.45, 7) is 2.24. The van der Waals surface area contributed by atoms with Gasteiger partial charge in [-0.05, 0) is 24.0 Å². The Labute approximate surface area is 156 Å². The van der Waals surface area contributed by atoms with Crippen LogP contribution in [0.1, 0.15) is 56.6 Å². The number of ether oxygens (including phenoxy) is 3. The Morgan fingerprint density at radius 3 is 1.92 bits per heavy atom. The quantitative estimate of drug-likeness (QED) is 0.241. The molecule has 0 heterocycles. The summed E-state index contributed by atoms with van der Waals surface area (Å²) in [6.07, 6.45) is 8.20. The third-order valence-electron chi connectivity index (χ3n) is 4.67. The minimum absolute atomic E-state index is 0.161. The van der Waals surface area contributed by atoms with Gasteiger partial charge in [0.15, 0.2) is 0 Å². The highest BCUT2D eigenvalue weighted by atomic mass is 79.9. The molecule has 0 aromatic heterocycles. The van der Waals surface area contributed by atoms with Crippen LogP contribution >= 0.6 is 15.9 Å². The topological polar surface area (TPSA) is 27.7 Å². The molecule has 1 aromatic carbocycles. The maximum Gasteiger partial charge on any atom is 0.285 e. The van der Waals surface area contributed by atoms with E-state index in [1.807, 2.05) is 0 Å². The maximum atomic E-state index is 5.64. The second-order valence-electron chi connectivity index (χ2n) is 6.27. The number of hydrogen-bond donors (Lipinski definition) is 0. The van der Waals surface area contributed by atoms with Crippen LogP contribution in [-0.2, 0) is 26.0 Å². The van der Waals surface area contributed by atoms with E-state index in [2.05, 4.69) is 47.1 Å². The van der Waals surface area contributed by atoms with Crippen LogP contribution < -0.4 is 0 Å². The van der Waals surface area contributed by atoms with E-state index in [9.17, 15) is 0 Å². The lowest BCUT2D eigenvalue weighted by molar-refractivity contribution is -0.379. The SMILES string of the molecule is CCCCCCCC(Cc1ccc(CBr)cc1)C(OC)(OC)OC. The van der Waals surface area contributed by atoms with Crippen LogP contribution in [0.15, 0.2) is 24.3 Å². The van der Waals surface area contributed by atoms with E-state index in [0.717, 1.165) is 18.2 Å². The summed E-state index contributed by atoms with van der Waals surface area (Å²) in [5, 5.41) is 0.881. The van der Waals surface area contributed by atoms with Gasteiger partial charge in [0.05, 0.1) is 0 Å². The normalized spacial score (nSPS) is 13.2. The Morgan fingerprint density at radius 2 is 1.42 bits per heavy atom. The minimum Gasteiger partial charge on any atom is -0.331 e. The van der Waals surface area contributed by atoms with Gasteiger partial charge in [0, 0.05) is 32.6 Å². The van der Waals surface area contributed by atoms with Crippen LogP contribution in [0, 0.1) is 5.92 Å². The fraction of sp³-hybridized carbons (Fsp3) is 0.700. The molecule has 0 spiro atoms. The van der Waals surface area contributed by atoms with Crippen molar-refractivity contribution in [3.05, 3.63) is 35.4 Å². The zero-order chi connectivity index (χ0) is 17.8. The van der Waals surface area contributed by atoms with Crippen molar-refractivity contribution in [1.82, 2.24) is 0 Å². The molecule has 138 valence electrons. The van der Waals surface area contributed by atoms with E-state index in [0.29, 0.717) is 0 Å². The lowest BCUT2D eigenvalue weighted by atomic mass is 9.90. The van der Waals surface area contributed by atoms with Gasteiger partial charge in [-0.25, -0.2) is 0 Å². The van der Waals surface area contributed by atoms with Crippen LogP contribution in [-0.4, -0.2) is 27.3 Å². The summed E-state index contributed by atoms with van der Waals surface area (Å²) in [5.41, 5.74) is 2.57. The van der Waals surface area contributed by atoms with Crippen molar-refractivity contribution < 1.29 is 14.2 Å². The predicted molar refractivity (Wildman–Crippen MR) is 103 cm³/mol. The smallest absolute Gasteiger partial charge is 0.285 e. The fourth-order valence-corrected chi connectivity index (χ4v) is 3.57. The summed E-state index contributed by atoms with van der Waals surface area (Å²) in [6, 6.07) is 8.70. The van der Waals surface area contributed by atoms with Crippen molar-refractivity contribution in [2.45, 2.75) is 63.2 Å². The van der Waals surface area contributed by atoms with Gasteiger partial charge in [-0.2, -0.15) is 0 Å². The molecule has 1 aromatic rings. The van der Waals surface area contributed by atoms with Gasteiger partial charge in [0.25, 0.3) is 5.97 Å². The zero-order valence-corrected chi connectivity index (χ0v) is 17.2. The maximum absolute atomic E-state index is 5.64. The molecule has 24 heavy (non-hydrogen) atoms. The van der Waals surface area contributed by atoms with Gasteiger partial charge >= 0.3 is 0 Å². The zero-order valence-electron chi connectivity index (χ0n) is 15.6. The van der Waals surface area contributed by atoms with E-state index in [1.54, 1.807) is 21.3 Å². The van der Waals surface area contributed by atoms with E-state index < -0.39 is 5.97 Å². The van der Waals surface area contributed by atoms with Crippen molar-refractivity contribution in [2.75, 3.05) is 21.3 Å². The van der Waals surface area contributed by atoms with Crippen LogP contribution in [0.5, 0.6) is 0 Å². The summed E-state index contributed by atoms with van der Waals surface area (Å²) < 4.78 is 16.9. The number of hydrogen-bond acceptors (Lipinski definition) is 3. The summed E-state index contributed by atoms with van der Waals surface area (Å²) >= 11 is 3.49. The highest BCUT2D eigenvalue weighted by molar-refractivity contribution is 9.08. The Bertz CT molecular complexity index is 421. The van der Waals surface area contributed by atoms with Gasteiger partial charge < -0.3 is 14.2 Å². The molecule has 1 rings (SSSR count). The van der Waals surface area contributed by atoms with Crippen LogP contribution in [0.4, 0.5) is 0 Å². The van der Waals surface area contributed by atoms with Crippen molar-refractivity contribution in [1.29, 1.82) is 0 Å². The van der Waals surface area contributed by atoms with E-state index in [4.69, 9.17) is 14.2 Å². The monoisotopic (exact) mass is 400 g/mol. The highest BCUT2D eigenvalue weighted by Gasteiger charge is 2.39. The van der Waals surface area contributed by atoms with Crippen LogP contribution in [0.2, 0.25) is 0 Å². The predicted octanol–water partition coefficient (Wildman–Crippen LogP) is 5.69. The largest absolute Gasteiger partial charge is 0.331 e. The molecule has 3 nitrogen and oxygen atoms in total. The number of methoxy groups -OCH3 is 3. The highest BCUT2D eigenvalue weighted by Crippen LogP contribution is 2.31. The van der Waals surface area contributed by atoms with E-state index in [-0.39, 0.29) is 5.92 Å². The lowest BCUT2D eigenvalue weighted by Crippen LogP contribution is -2.45. The van der Waals surface area contributed by atoms with Gasteiger partial charge in [0.2, 0.25) is 0 Å². The minimum atomic E-state index is -0.973. The second-order valence-corrected chi connectivity index (χ2v) is 6.83. The molecule has 1 atom stereocenters. The van der Waals surface area contributed by atoms with Crippen LogP contribution in [0.25, 0.3) is 0 Å². The van der Waals surface area contributed by atoms with Crippen molar-refractivity contribution in [2.24, 2.45) is 5.92 Å². The first-order valence-corrected chi connectivity index (χ1v) is 10.1. The number of rotatable bonds is 13. The van der Waals surface area contributed by atoms with Gasteiger partial charge in [0.1, 0.15) is 0 Å². The molecule has 0 aliphatic carbocycles. The Balaban J connectivity index is 2.78. The molecule has 0 saturated carbocycles. The third-order valence-corrected chi connectivity index (χ3v) is 5.32. The molecule has 0 aliphatic heterocycles. The van der Waals surface area contributed by atoms with Gasteiger partial charge in [-0.15, -0.1) is 0 Å². The van der Waals surface area contributed by atoms with Crippen LogP contribution in [0.3, 0.4) is 0 Å². The standard InChI is InChI=1S/C20H33BrO3/c1-5-6-7-8-9-10-19(20(22-2,23-3)24-4)15-17-11-13-18(16-21)14-12-17/h11-14,19H,5-10,15-16H2,1-4H3. The van der Waals surface area contributed by atoms with Crippen molar-refractivity contribution >= 4 is 15.9 Å². The molecular formula is C20H33BrO3. The molecule has 0 amide bonds. The third kappa shape index (κ3) is 6.47. The summed E-state index contributed by atoms with van der Waals surface area (Å²) in [4.78, 5) is 0. The number of halogens is 1. The lowest BCUT2D eigenvalue weighted by Gasteiger charge is -2.36. The second kappa shape index (κ2) is 12.0. The number of unbranched alkanes of at least 4 members (excludes halogenated alkanes) is 4. The molecule has 0 N–H and O–H groups in total. The van der Waals surface area contributed by atoms with Gasteiger partial charge in [-0.1, -0.05) is 79.2 Å². The molecule has 0 saturated heterocycles. The van der Waals surface area contributed by atoms with E-state index >= 15 is 0 Å². The fourth-order valence-electron chi connectivity index (χ4n) is 3.20. The molecule has 0 fully saturated rings. The number of benzene rings is 1. The molecular weight excluding hydrogens is 368 g/mol. The Kier molecular flexibility index (Phi) is 10.8.